The summed E-state index contributed by atoms with van der Waals surface area (Å²) in [6.45, 7) is 5.00. The van der Waals surface area contributed by atoms with Gasteiger partial charge in [0.2, 0.25) is 15.9 Å². The number of carbonyl (C=O) groups is 1. The van der Waals surface area contributed by atoms with Gasteiger partial charge in [0.1, 0.15) is 0 Å². The highest BCUT2D eigenvalue weighted by atomic mass is 32.2. The van der Waals surface area contributed by atoms with Gasteiger partial charge in [0.05, 0.1) is 15.4 Å². The smallest absolute Gasteiger partial charge is 0.276 e. The number of para-hydroxylation sites is 1. The fourth-order valence-corrected chi connectivity index (χ4v) is 4.54. The molecule has 2 rings (SSSR count). The largest absolute Gasteiger partial charge is 0.323 e. The quantitative estimate of drug-likeness (QED) is 0.277. The van der Waals surface area contributed by atoms with E-state index in [1.54, 1.807) is 18.2 Å². The van der Waals surface area contributed by atoms with Gasteiger partial charge in [0.15, 0.2) is 0 Å². The number of sulfonamides is 1. The summed E-state index contributed by atoms with van der Waals surface area (Å²) in [7, 11) is -3.61. The highest BCUT2D eigenvalue weighted by Gasteiger charge is 2.23. The van der Waals surface area contributed by atoms with E-state index in [1.165, 1.54) is 46.8 Å². The number of benzene rings is 2. The lowest BCUT2D eigenvalue weighted by Gasteiger charge is -2.22. The number of nitrogens with zero attached hydrogens (tertiary/aromatic N) is 2. The first-order valence-electron chi connectivity index (χ1n) is 10.6. The van der Waals surface area contributed by atoms with Crippen LogP contribution in [-0.2, 0) is 14.8 Å². The maximum Gasteiger partial charge on any atom is 0.276 e. The molecule has 0 unspecified atom stereocenters. The van der Waals surface area contributed by atoms with Crippen LogP contribution in [0.1, 0.15) is 45.1 Å². The molecular weight excluding hydrogens is 430 g/mol. The van der Waals surface area contributed by atoms with Crippen molar-refractivity contribution >= 4 is 33.4 Å². The molecule has 0 saturated carbocycles. The third-order valence-electron chi connectivity index (χ3n) is 4.83. The van der Waals surface area contributed by atoms with E-state index in [0.29, 0.717) is 24.3 Å². The van der Waals surface area contributed by atoms with Crippen molar-refractivity contribution < 1.29 is 18.1 Å². The molecule has 8 nitrogen and oxygen atoms in total. The summed E-state index contributed by atoms with van der Waals surface area (Å²) < 4.78 is 27.5. The molecule has 1 N–H and O–H groups in total. The van der Waals surface area contributed by atoms with Crippen molar-refractivity contribution in [2.75, 3.05) is 18.4 Å². The third-order valence-corrected chi connectivity index (χ3v) is 6.74. The SMILES string of the molecule is CCCCN(CCCC)S(=O)(=O)c1ccc(NC(=O)C=Cc2ccccc2[N+](=O)[O-])cc1. The fraction of sp³-hybridized carbons (Fsp3) is 0.348. The zero-order chi connectivity index (χ0) is 23.6. The van der Waals surface area contributed by atoms with Crippen molar-refractivity contribution in [2.24, 2.45) is 0 Å². The van der Waals surface area contributed by atoms with Crippen LogP contribution in [0.2, 0.25) is 0 Å². The number of unbranched alkanes of at least 4 members (excludes halogenated alkanes) is 2. The van der Waals surface area contributed by atoms with E-state index < -0.39 is 20.9 Å². The van der Waals surface area contributed by atoms with Crippen LogP contribution < -0.4 is 5.32 Å². The van der Waals surface area contributed by atoms with Gasteiger partial charge in [0.25, 0.3) is 5.69 Å². The van der Waals surface area contributed by atoms with E-state index in [1.807, 2.05) is 13.8 Å². The predicted octanol–water partition coefficient (Wildman–Crippen LogP) is 4.84. The van der Waals surface area contributed by atoms with Crippen LogP contribution in [0.4, 0.5) is 11.4 Å². The van der Waals surface area contributed by atoms with Crippen LogP contribution in [0, 0.1) is 10.1 Å². The first-order valence-corrected chi connectivity index (χ1v) is 12.1. The summed E-state index contributed by atoms with van der Waals surface area (Å²) in [6, 6.07) is 12.1. The summed E-state index contributed by atoms with van der Waals surface area (Å²) in [4.78, 5) is 22.9. The molecule has 1 amide bonds. The molecule has 0 aliphatic heterocycles. The lowest BCUT2D eigenvalue weighted by molar-refractivity contribution is -0.385. The Kier molecular flexibility index (Phi) is 9.55. The Morgan fingerprint density at radius 1 is 1.03 bits per heavy atom. The van der Waals surface area contributed by atoms with Gasteiger partial charge in [-0.15, -0.1) is 0 Å². The molecule has 0 spiro atoms. The molecular formula is C23H29N3O5S. The molecule has 0 atom stereocenters. The summed E-state index contributed by atoms with van der Waals surface area (Å²) >= 11 is 0. The normalized spacial score (nSPS) is 11.7. The molecule has 32 heavy (non-hydrogen) atoms. The van der Waals surface area contributed by atoms with Crippen molar-refractivity contribution in [1.82, 2.24) is 4.31 Å². The van der Waals surface area contributed by atoms with Crippen LogP contribution in [0.25, 0.3) is 6.08 Å². The first-order chi connectivity index (χ1) is 15.3. The average molecular weight is 460 g/mol. The van der Waals surface area contributed by atoms with Crippen LogP contribution in [0.5, 0.6) is 0 Å². The molecule has 2 aromatic carbocycles. The molecule has 0 bridgehead atoms. The fourth-order valence-electron chi connectivity index (χ4n) is 3.02. The summed E-state index contributed by atoms with van der Waals surface area (Å²) in [5.41, 5.74) is 0.643. The highest BCUT2D eigenvalue weighted by molar-refractivity contribution is 7.89. The number of nitro benzene ring substituents is 1. The standard InChI is InChI=1S/C23H29N3O5S/c1-3-5-17-25(18-6-4-2)32(30,31)21-14-12-20(13-15-21)24-23(27)16-11-19-9-7-8-10-22(19)26(28)29/h7-16H,3-6,17-18H2,1-2H3,(H,24,27). The monoisotopic (exact) mass is 459 g/mol. The number of amides is 1. The van der Waals surface area contributed by atoms with Crippen molar-refractivity contribution in [1.29, 1.82) is 0 Å². The van der Waals surface area contributed by atoms with E-state index in [-0.39, 0.29) is 10.6 Å². The van der Waals surface area contributed by atoms with Crippen molar-refractivity contribution in [3.8, 4) is 0 Å². The first kappa shape index (κ1) is 25.2. The van der Waals surface area contributed by atoms with E-state index in [2.05, 4.69) is 5.32 Å². The van der Waals surface area contributed by atoms with E-state index in [9.17, 15) is 23.3 Å². The molecule has 0 fully saturated rings. The second-order valence-electron chi connectivity index (χ2n) is 7.27. The van der Waals surface area contributed by atoms with Gasteiger partial charge < -0.3 is 5.32 Å². The van der Waals surface area contributed by atoms with Gasteiger partial charge in [-0.3, -0.25) is 14.9 Å². The summed E-state index contributed by atoms with van der Waals surface area (Å²) in [6.07, 6.45) is 5.97. The van der Waals surface area contributed by atoms with Gasteiger partial charge in [-0.25, -0.2) is 8.42 Å². The van der Waals surface area contributed by atoms with Gasteiger partial charge in [0, 0.05) is 30.9 Å². The van der Waals surface area contributed by atoms with Gasteiger partial charge in [-0.1, -0.05) is 38.8 Å². The minimum atomic E-state index is -3.61. The van der Waals surface area contributed by atoms with Crippen LogP contribution >= 0.6 is 0 Å². The van der Waals surface area contributed by atoms with Crippen molar-refractivity contribution in [3.63, 3.8) is 0 Å². The minimum Gasteiger partial charge on any atom is -0.323 e. The van der Waals surface area contributed by atoms with Crippen LogP contribution in [-0.4, -0.2) is 36.6 Å². The highest BCUT2D eigenvalue weighted by Crippen LogP contribution is 2.21. The zero-order valence-electron chi connectivity index (χ0n) is 18.4. The van der Waals surface area contributed by atoms with E-state index in [4.69, 9.17) is 0 Å². The van der Waals surface area contributed by atoms with Crippen LogP contribution in [0.3, 0.4) is 0 Å². The molecule has 0 aliphatic carbocycles. The molecule has 0 saturated heterocycles. The Bertz CT molecular complexity index is 1040. The van der Waals surface area contributed by atoms with E-state index >= 15 is 0 Å². The Hall–Kier alpha value is -3.04. The Balaban J connectivity index is 2.10. The summed E-state index contributed by atoms with van der Waals surface area (Å²) in [5, 5.41) is 13.7. The number of hydrogen-bond acceptors (Lipinski definition) is 5. The zero-order valence-corrected chi connectivity index (χ0v) is 19.2. The maximum absolute atomic E-state index is 13.0. The number of nitro groups is 1. The Morgan fingerprint density at radius 3 is 2.19 bits per heavy atom. The predicted molar refractivity (Wildman–Crippen MR) is 126 cm³/mol. The number of rotatable bonds is 12. The molecule has 2 aromatic rings. The van der Waals surface area contributed by atoms with Crippen molar-refractivity contribution in [3.05, 3.63) is 70.3 Å². The average Bonchev–Trinajstić information content (AvgIpc) is 2.78. The number of carbonyl (C=O) groups excluding carboxylic acids is 1. The molecule has 0 heterocycles. The van der Waals surface area contributed by atoms with Crippen LogP contribution in [0.15, 0.2) is 59.5 Å². The molecule has 0 aromatic heterocycles. The lowest BCUT2D eigenvalue weighted by atomic mass is 10.1. The Labute approximate surface area is 189 Å². The summed E-state index contributed by atoms with van der Waals surface area (Å²) in [5.74, 6) is -0.480. The number of anilines is 1. The molecule has 9 heteroatoms. The topological polar surface area (TPSA) is 110 Å². The minimum absolute atomic E-state index is 0.0955. The molecule has 0 radical (unpaired) electrons. The number of nitrogens with one attached hydrogen (secondary N) is 1. The molecule has 172 valence electrons. The van der Waals surface area contributed by atoms with Gasteiger partial charge >= 0.3 is 0 Å². The number of hydrogen-bond donors (Lipinski definition) is 1. The lowest BCUT2D eigenvalue weighted by Crippen LogP contribution is -2.33. The van der Waals surface area contributed by atoms with E-state index in [0.717, 1.165) is 25.7 Å². The molecule has 0 aliphatic rings. The van der Waals surface area contributed by atoms with Crippen molar-refractivity contribution in [2.45, 2.75) is 44.4 Å². The Morgan fingerprint density at radius 2 is 1.62 bits per heavy atom. The maximum atomic E-state index is 13.0. The van der Waals surface area contributed by atoms with Gasteiger partial charge in [-0.05, 0) is 49.2 Å². The second kappa shape index (κ2) is 12.1. The third kappa shape index (κ3) is 7.00. The van der Waals surface area contributed by atoms with Gasteiger partial charge in [-0.2, -0.15) is 4.31 Å². The second-order valence-corrected chi connectivity index (χ2v) is 9.21.